The van der Waals surface area contributed by atoms with Gasteiger partial charge in [0.25, 0.3) is 0 Å². The Morgan fingerprint density at radius 1 is 0.375 bits per heavy atom. The second-order valence-electron chi connectivity index (χ2n) is 10.4. The third-order valence-electron chi connectivity index (χ3n) is 7.63. The Balaban J connectivity index is 1.34. The van der Waals surface area contributed by atoms with Crippen molar-refractivity contribution in [2.45, 2.75) is 13.8 Å². The van der Waals surface area contributed by atoms with Crippen molar-refractivity contribution >= 4 is 21.8 Å². The third kappa shape index (κ3) is 4.34. The Hall–Kier alpha value is -5.08. The molecular formula is C38H28N2. The molecule has 0 spiro atoms. The van der Waals surface area contributed by atoms with Crippen LogP contribution in [0.5, 0.6) is 0 Å². The summed E-state index contributed by atoms with van der Waals surface area (Å²) in [6.45, 7) is 4.07. The molecule has 0 fully saturated rings. The van der Waals surface area contributed by atoms with Gasteiger partial charge in [-0.3, -0.25) is 9.97 Å². The van der Waals surface area contributed by atoms with E-state index >= 15 is 0 Å². The van der Waals surface area contributed by atoms with Crippen molar-refractivity contribution in [3.63, 3.8) is 0 Å². The van der Waals surface area contributed by atoms with Crippen molar-refractivity contribution in [1.29, 1.82) is 0 Å². The van der Waals surface area contributed by atoms with Gasteiger partial charge in [-0.25, -0.2) is 0 Å². The summed E-state index contributed by atoms with van der Waals surface area (Å²) in [6, 6.07) is 47.7. The highest BCUT2D eigenvalue weighted by atomic mass is 14.8. The molecule has 190 valence electrons. The molecule has 0 aliphatic carbocycles. The second-order valence-corrected chi connectivity index (χ2v) is 10.4. The van der Waals surface area contributed by atoms with Crippen LogP contribution in [0.4, 0.5) is 0 Å². The molecule has 40 heavy (non-hydrogen) atoms. The maximum atomic E-state index is 4.91. The quantitative estimate of drug-likeness (QED) is 0.219. The van der Waals surface area contributed by atoms with E-state index in [4.69, 9.17) is 9.97 Å². The lowest BCUT2D eigenvalue weighted by Crippen LogP contribution is -1.92. The molecule has 5 aromatic carbocycles. The minimum absolute atomic E-state index is 0.962. The summed E-state index contributed by atoms with van der Waals surface area (Å²) in [7, 11) is 0. The highest BCUT2D eigenvalue weighted by Gasteiger charge is 2.13. The normalized spacial score (nSPS) is 11.2. The van der Waals surface area contributed by atoms with Crippen molar-refractivity contribution in [3.05, 3.63) is 145 Å². The van der Waals surface area contributed by atoms with Crippen LogP contribution in [0, 0.1) is 13.8 Å². The van der Waals surface area contributed by atoms with Crippen molar-refractivity contribution in [3.8, 4) is 44.5 Å². The second kappa shape index (κ2) is 9.91. The van der Waals surface area contributed by atoms with Gasteiger partial charge in [0.15, 0.2) is 0 Å². The smallest absolute Gasteiger partial charge is 0.0974 e. The minimum Gasteiger partial charge on any atom is -0.251 e. The zero-order valence-corrected chi connectivity index (χ0v) is 22.6. The molecule has 2 heteroatoms. The average molecular weight is 513 g/mol. The number of hydrogen-bond donors (Lipinski definition) is 0. The van der Waals surface area contributed by atoms with Gasteiger partial charge in [0.2, 0.25) is 0 Å². The molecule has 0 atom stereocenters. The molecule has 0 saturated carbocycles. The Morgan fingerprint density at radius 3 is 1.62 bits per heavy atom. The number of rotatable bonds is 4. The van der Waals surface area contributed by atoms with E-state index in [0.717, 1.165) is 33.2 Å². The van der Waals surface area contributed by atoms with Crippen molar-refractivity contribution < 1.29 is 0 Å². The molecule has 2 aromatic heterocycles. The van der Waals surface area contributed by atoms with Gasteiger partial charge in [-0.15, -0.1) is 0 Å². The Kier molecular flexibility index (Phi) is 5.94. The van der Waals surface area contributed by atoms with E-state index in [1.165, 1.54) is 44.5 Å². The van der Waals surface area contributed by atoms with Gasteiger partial charge in [-0.2, -0.15) is 0 Å². The first-order valence-corrected chi connectivity index (χ1v) is 13.7. The molecule has 0 N–H and O–H groups in total. The van der Waals surface area contributed by atoms with E-state index in [9.17, 15) is 0 Å². The van der Waals surface area contributed by atoms with Crippen molar-refractivity contribution in [1.82, 2.24) is 9.97 Å². The summed E-state index contributed by atoms with van der Waals surface area (Å²) in [4.78, 5) is 9.74. The van der Waals surface area contributed by atoms with Crippen LogP contribution in [0.1, 0.15) is 11.4 Å². The van der Waals surface area contributed by atoms with Crippen LogP contribution in [0.25, 0.3) is 66.3 Å². The van der Waals surface area contributed by atoms with Gasteiger partial charge in [-0.05, 0) is 82.6 Å². The molecule has 0 aliphatic heterocycles. The summed E-state index contributed by atoms with van der Waals surface area (Å²) in [5.41, 5.74) is 13.6. The van der Waals surface area contributed by atoms with Crippen LogP contribution in [0.2, 0.25) is 0 Å². The highest BCUT2D eigenvalue weighted by Crippen LogP contribution is 2.38. The predicted octanol–water partition coefficient (Wildman–Crippen LogP) is 10.1. The molecule has 0 radical (unpaired) electrons. The number of aryl methyl sites for hydroxylation is 2. The summed E-state index contributed by atoms with van der Waals surface area (Å²) >= 11 is 0. The molecular weight excluding hydrogens is 484 g/mol. The zero-order chi connectivity index (χ0) is 27.1. The predicted molar refractivity (Wildman–Crippen MR) is 168 cm³/mol. The summed E-state index contributed by atoms with van der Waals surface area (Å²) in [6.07, 6.45) is 0. The van der Waals surface area contributed by atoms with Crippen LogP contribution in [0.3, 0.4) is 0 Å². The van der Waals surface area contributed by atoms with E-state index in [2.05, 4.69) is 133 Å². The van der Waals surface area contributed by atoms with Gasteiger partial charge in [0.1, 0.15) is 0 Å². The fourth-order valence-corrected chi connectivity index (χ4v) is 5.59. The number of benzene rings is 5. The van der Waals surface area contributed by atoms with Gasteiger partial charge < -0.3 is 0 Å². The molecule has 0 amide bonds. The van der Waals surface area contributed by atoms with E-state index in [1.807, 2.05) is 13.8 Å². The highest BCUT2D eigenvalue weighted by molar-refractivity contribution is 6.10. The Morgan fingerprint density at radius 2 is 0.925 bits per heavy atom. The first-order chi connectivity index (χ1) is 19.6. The standard InChI is InChI=1S/C38H28N2/c1-25-13-15-32-24-36(34-21-14-26(2)40-38(34)37(32)39-25)30-18-16-27(17-19-30)31-20-22-33(28-9-5-3-6-10-28)35(23-31)29-11-7-4-8-12-29/h3-24H,1-2H3. The van der Waals surface area contributed by atoms with Crippen LogP contribution in [-0.2, 0) is 0 Å². The number of fused-ring (bicyclic) bond motifs is 3. The van der Waals surface area contributed by atoms with Crippen LogP contribution in [0.15, 0.2) is 133 Å². The lowest BCUT2D eigenvalue weighted by Gasteiger charge is -2.14. The zero-order valence-electron chi connectivity index (χ0n) is 22.6. The summed E-state index contributed by atoms with van der Waals surface area (Å²) < 4.78 is 0. The van der Waals surface area contributed by atoms with Crippen LogP contribution < -0.4 is 0 Å². The third-order valence-corrected chi connectivity index (χ3v) is 7.63. The fraction of sp³-hybridized carbons (Fsp3) is 0.0526. The number of pyridine rings is 2. The van der Waals surface area contributed by atoms with Gasteiger partial charge in [-0.1, -0.05) is 109 Å². The largest absolute Gasteiger partial charge is 0.251 e. The topological polar surface area (TPSA) is 25.8 Å². The SMILES string of the molecule is Cc1ccc2cc(-c3ccc(-c4ccc(-c5ccccc5)c(-c5ccccc5)c4)cc3)c3ccc(C)nc3c2n1. The van der Waals surface area contributed by atoms with Crippen LogP contribution in [-0.4, -0.2) is 9.97 Å². The lowest BCUT2D eigenvalue weighted by molar-refractivity contribution is 1.23. The Bertz CT molecular complexity index is 1990. The molecule has 7 rings (SSSR count). The molecule has 0 unspecified atom stereocenters. The molecule has 7 aromatic rings. The van der Waals surface area contributed by atoms with Gasteiger partial charge in [0.05, 0.1) is 11.0 Å². The maximum absolute atomic E-state index is 4.91. The molecule has 2 nitrogen and oxygen atoms in total. The fourth-order valence-electron chi connectivity index (χ4n) is 5.59. The van der Waals surface area contributed by atoms with E-state index in [1.54, 1.807) is 0 Å². The molecule has 0 aliphatic rings. The van der Waals surface area contributed by atoms with Crippen molar-refractivity contribution in [2.24, 2.45) is 0 Å². The maximum Gasteiger partial charge on any atom is 0.0974 e. The van der Waals surface area contributed by atoms with Gasteiger partial charge >= 0.3 is 0 Å². The summed E-state index contributed by atoms with van der Waals surface area (Å²) in [5, 5.41) is 2.24. The first-order valence-electron chi connectivity index (χ1n) is 13.7. The number of nitrogens with zero attached hydrogens (tertiary/aromatic N) is 2. The lowest BCUT2D eigenvalue weighted by atomic mass is 9.90. The average Bonchev–Trinajstić information content (AvgIpc) is 3.01. The van der Waals surface area contributed by atoms with E-state index < -0.39 is 0 Å². The molecule has 0 bridgehead atoms. The van der Waals surface area contributed by atoms with Gasteiger partial charge in [0, 0.05) is 22.2 Å². The molecule has 2 heterocycles. The van der Waals surface area contributed by atoms with Crippen LogP contribution >= 0.6 is 0 Å². The number of hydrogen-bond acceptors (Lipinski definition) is 2. The van der Waals surface area contributed by atoms with Crippen molar-refractivity contribution in [2.75, 3.05) is 0 Å². The minimum atomic E-state index is 0.962. The molecule has 0 saturated heterocycles. The first kappa shape index (κ1) is 24.0. The van der Waals surface area contributed by atoms with E-state index in [-0.39, 0.29) is 0 Å². The Labute approximate surface area is 234 Å². The van der Waals surface area contributed by atoms with E-state index in [0.29, 0.717) is 0 Å². The number of aromatic nitrogens is 2. The summed E-state index contributed by atoms with van der Waals surface area (Å²) in [5.74, 6) is 0. The monoisotopic (exact) mass is 512 g/mol.